The third-order valence-corrected chi connectivity index (χ3v) is 5.59. The van der Waals surface area contributed by atoms with Gasteiger partial charge in [-0.05, 0) is 32.3 Å². The second kappa shape index (κ2) is 9.19. The molecular weight excluding hydrogens is 346 g/mol. The number of hydrogen-bond acceptors (Lipinski definition) is 5. The van der Waals surface area contributed by atoms with E-state index in [-0.39, 0.29) is 11.9 Å². The molecule has 140 valence electrons. The van der Waals surface area contributed by atoms with Crippen LogP contribution in [0, 0.1) is 0 Å². The second-order valence-corrected chi connectivity index (χ2v) is 7.95. The maximum Gasteiger partial charge on any atom is 0.230 e. The van der Waals surface area contributed by atoms with Crippen LogP contribution in [0.4, 0.5) is 0 Å². The van der Waals surface area contributed by atoms with Crippen molar-refractivity contribution in [2.45, 2.75) is 50.5 Å². The fourth-order valence-corrected chi connectivity index (χ4v) is 4.02. The lowest BCUT2D eigenvalue weighted by molar-refractivity contribution is -0.119. The maximum atomic E-state index is 12.3. The average molecular weight is 374 g/mol. The monoisotopic (exact) mass is 373 g/mol. The Hall–Kier alpha value is -1.86. The molecular formula is C19H27N5OS. The Morgan fingerprint density at radius 1 is 1.27 bits per heavy atom. The number of likely N-dealkylation sites (tertiary alicyclic amines) is 1. The fourth-order valence-electron chi connectivity index (χ4n) is 3.17. The molecule has 1 aromatic carbocycles. The first-order valence-corrected chi connectivity index (χ1v) is 10.2. The Morgan fingerprint density at radius 2 is 2.00 bits per heavy atom. The van der Waals surface area contributed by atoms with Crippen molar-refractivity contribution in [2.24, 2.45) is 0 Å². The molecule has 0 spiro atoms. The molecule has 26 heavy (non-hydrogen) atoms. The van der Waals surface area contributed by atoms with Crippen LogP contribution in [0.25, 0.3) is 0 Å². The first-order valence-electron chi connectivity index (χ1n) is 9.20. The Balaban J connectivity index is 1.39. The van der Waals surface area contributed by atoms with Crippen molar-refractivity contribution in [3.8, 4) is 0 Å². The standard InChI is InChI=1S/C19H27N5OS/c1-15(2)24-14-20-22-19(24)26-13-18(25)21-17-8-10-23(11-9-17)12-16-6-4-3-5-7-16/h3-7,14-15,17H,8-13H2,1-2H3,(H,21,25). The van der Waals surface area contributed by atoms with Crippen molar-refractivity contribution in [1.82, 2.24) is 25.0 Å². The Morgan fingerprint density at radius 3 is 2.69 bits per heavy atom. The summed E-state index contributed by atoms with van der Waals surface area (Å²) in [5, 5.41) is 12.0. The first-order chi connectivity index (χ1) is 12.6. The van der Waals surface area contributed by atoms with E-state index in [1.807, 2.05) is 10.6 Å². The zero-order chi connectivity index (χ0) is 18.4. The third-order valence-electron chi connectivity index (χ3n) is 4.63. The number of rotatable bonds is 7. The predicted molar refractivity (Wildman–Crippen MR) is 104 cm³/mol. The van der Waals surface area contributed by atoms with Crippen LogP contribution in [0.3, 0.4) is 0 Å². The molecule has 7 heteroatoms. The highest BCUT2D eigenvalue weighted by molar-refractivity contribution is 7.99. The second-order valence-electron chi connectivity index (χ2n) is 7.01. The zero-order valence-electron chi connectivity index (χ0n) is 15.5. The van der Waals surface area contributed by atoms with Crippen LogP contribution < -0.4 is 5.32 Å². The molecule has 1 N–H and O–H groups in total. The molecule has 2 aromatic rings. The summed E-state index contributed by atoms with van der Waals surface area (Å²) in [5.74, 6) is 0.463. The third kappa shape index (κ3) is 5.32. The molecule has 0 bridgehead atoms. The van der Waals surface area contributed by atoms with Gasteiger partial charge in [0.05, 0.1) is 5.75 Å². The molecule has 0 atom stereocenters. The van der Waals surface area contributed by atoms with Gasteiger partial charge >= 0.3 is 0 Å². The maximum absolute atomic E-state index is 12.3. The van der Waals surface area contributed by atoms with Crippen LogP contribution in [-0.2, 0) is 11.3 Å². The molecule has 1 aliphatic rings. The molecule has 0 unspecified atom stereocenters. The van der Waals surface area contributed by atoms with Gasteiger partial charge in [0.15, 0.2) is 5.16 Å². The van der Waals surface area contributed by atoms with E-state index < -0.39 is 0 Å². The SMILES string of the molecule is CC(C)n1cnnc1SCC(=O)NC1CCN(Cc2ccccc2)CC1. The van der Waals surface area contributed by atoms with E-state index in [9.17, 15) is 4.79 Å². The Kier molecular flexibility index (Phi) is 6.68. The van der Waals surface area contributed by atoms with Crippen molar-refractivity contribution in [1.29, 1.82) is 0 Å². The smallest absolute Gasteiger partial charge is 0.230 e. The Labute approximate surface area is 159 Å². The largest absolute Gasteiger partial charge is 0.353 e. The molecule has 6 nitrogen and oxygen atoms in total. The van der Waals surface area contributed by atoms with E-state index >= 15 is 0 Å². The van der Waals surface area contributed by atoms with E-state index in [0.717, 1.165) is 37.6 Å². The molecule has 1 saturated heterocycles. The average Bonchev–Trinajstić information content (AvgIpc) is 3.11. The number of aromatic nitrogens is 3. The van der Waals surface area contributed by atoms with Crippen molar-refractivity contribution in [3.05, 3.63) is 42.2 Å². The van der Waals surface area contributed by atoms with Gasteiger partial charge in [-0.2, -0.15) is 0 Å². The summed E-state index contributed by atoms with van der Waals surface area (Å²) >= 11 is 1.45. The normalized spacial score (nSPS) is 16.1. The number of carbonyl (C=O) groups is 1. The van der Waals surface area contributed by atoms with Gasteiger partial charge in [-0.25, -0.2) is 0 Å². The van der Waals surface area contributed by atoms with E-state index in [1.165, 1.54) is 17.3 Å². The lowest BCUT2D eigenvalue weighted by Gasteiger charge is -2.32. The minimum absolute atomic E-state index is 0.0785. The molecule has 1 aliphatic heterocycles. The number of nitrogens with zero attached hydrogens (tertiary/aromatic N) is 4. The van der Waals surface area contributed by atoms with Gasteiger partial charge in [0.25, 0.3) is 0 Å². The van der Waals surface area contributed by atoms with Crippen molar-refractivity contribution in [3.63, 3.8) is 0 Å². The lowest BCUT2D eigenvalue weighted by atomic mass is 10.0. The number of hydrogen-bond donors (Lipinski definition) is 1. The van der Waals surface area contributed by atoms with Gasteiger partial charge in [0, 0.05) is 31.7 Å². The van der Waals surface area contributed by atoms with Crippen LogP contribution >= 0.6 is 11.8 Å². The van der Waals surface area contributed by atoms with E-state index in [4.69, 9.17) is 0 Å². The number of nitrogens with one attached hydrogen (secondary N) is 1. The fraction of sp³-hybridized carbons (Fsp3) is 0.526. The summed E-state index contributed by atoms with van der Waals surface area (Å²) in [6.07, 6.45) is 3.73. The molecule has 2 heterocycles. The lowest BCUT2D eigenvalue weighted by Crippen LogP contribution is -2.44. The quantitative estimate of drug-likeness (QED) is 0.756. The zero-order valence-corrected chi connectivity index (χ0v) is 16.3. The van der Waals surface area contributed by atoms with Crippen LogP contribution in [0.5, 0.6) is 0 Å². The topological polar surface area (TPSA) is 63.1 Å². The highest BCUT2D eigenvalue weighted by Gasteiger charge is 2.21. The van der Waals surface area contributed by atoms with Gasteiger partial charge in [-0.15, -0.1) is 10.2 Å². The van der Waals surface area contributed by atoms with Crippen LogP contribution in [0.15, 0.2) is 41.8 Å². The molecule has 1 amide bonds. The van der Waals surface area contributed by atoms with Gasteiger partial charge < -0.3 is 9.88 Å². The summed E-state index contributed by atoms with van der Waals surface area (Å²) in [5.41, 5.74) is 1.35. The molecule has 0 saturated carbocycles. The summed E-state index contributed by atoms with van der Waals surface area (Å²) in [7, 11) is 0. The minimum Gasteiger partial charge on any atom is -0.353 e. The molecule has 0 radical (unpaired) electrons. The number of piperidine rings is 1. The number of thioether (sulfide) groups is 1. The summed E-state index contributed by atoms with van der Waals surface area (Å²) in [6.45, 7) is 7.19. The first kappa shape index (κ1) is 18.9. The number of carbonyl (C=O) groups excluding carboxylic acids is 1. The molecule has 1 aromatic heterocycles. The minimum atomic E-state index is 0.0785. The van der Waals surface area contributed by atoms with Gasteiger partial charge in [0.2, 0.25) is 5.91 Å². The summed E-state index contributed by atoms with van der Waals surface area (Å²) in [6, 6.07) is 11.1. The van der Waals surface area contributed by atoms with Crippen LogP contribution in [-0.4, -0.2) is 50.5 Å². The van der Waals surface area contributed by atoms with E-state index in [0.29, 0.717) is 11.8 Å². The number of benzene rings is 1. The van der Waals surface area contributed by atoms with Gasteiger partial charge in [-0.1, -0.05) is 42.1 Å². The van der Waals surface area contributed by atoms with E-state index in [2.05, 4.69) is 58.5 Å². The summed E-state index contributed by atoms with van der Waals surface area (Å²) < 4.78 is 1.99. The Bertz CT molecular complexity index is 695. The molecule has 3 rings (SSSR count). The molecule has 0 aliphatic carbocycles. The van der Waals surface area contributed by atoms with E-state index in [1.54, 1.807) is 6.33 Å². The van der Waals surface area contributed by atoms with Crippen molar-refractivity contribution < 1.29 is 4.79 Å². The van der Waals surface area contributed by atoms with Crippen LogP contribution in [0.1, 0.15) is 38.3 Å². The summed E-state index contributed by atoms with van der Waals surface area (Å²) in [4.78, 5) is 14.7. The van der Waals surface area contributed by atoms with Gasteiger partial charge in [-0.3, -0.25) is 9.69 Å². The van der Waals surface area contributed by atoms with Crippen LogP contribution in [0.2, 0.25) is 0 Å². The highest BCUT2D eigenvalue weighted by Crippen LogP contribution is 2.19. The van der Waals surface area contributed by atoms with Crippen molar-refractivity contribution in [2.75, 3.05) is 18.8 Å². The molecule has 1 fully saturated rings. The van der Waals surface area contributed by atoms with Crippen molar-refractivity contribution >= 4 is 17.7 Å². The van der Waals surface area contributed by atoms with Gasteiger partial charge in [0.1, 0.15) is 6.33 Å². The number of amides is 1. The highest BCUT2D eigenvalue weighted by atomic mass is 32.2. The predicted octanol–water partition coefficient (Wildman–Crippen LogP) is 2.73.